The minimum atomic E-state index is -0.478. The topological polar surface area (TPSA) is 125 Å². The van der Waals surface area contributed by atoms with Gasteiger partial charge in [-0.05, 0) is 32.9 Å². The van der Waals surface area contributed by atoms with Crippen molar-refractivity contribution in [2.75, 3.05) is 72.7 Å². The van der Waals surface area contributed by atoms with E-state index in [1.807, 2.05) is 20.8 Å². The lowest BCUT2D eigenvalue weighted by Crippen LogP contribution is -2.24. The van der Waals surface area contributed by atoms with Gasteiger partial charge in [0.15, 0.2) is 0 Å². The van der Waals surface area contributed by atoms with Gasteiger partial charge < -0.3 is 33.2 Å². The average Bonchev–Trinajstić information content (AvgIpc) is 2.77. The SMILES string of the molecule is CC(C)(C)OC(=O)CCOCCOCCOCCOCCOCCOc1ccc([N+](=O)[O-])cc1. The Morgan fingerprint density at radius 2 is 1.15 bits per heavy atom. The summed E-state index contributed by atoms with van der Waals surface area (Å²) in [5, 5.41) is 10.6. The lowest BCUT2D eigenvalue weighted by molar-refractivity contribution is -0.384. The van der Waals surface area contributed by atoms with Crippen molar-refractivity contribution in [3.05, 3.63) is 34.4 Å². The van der Waals surface area contributed by atoms with Crippen molar-refractivity contribution in [2.45, 2.75) is 32.8 Å². The van der Waals surface area contributed by atoms with Crippen molar-refractivity contribution < 1.29 is 42.9 Å². The maximum absolute atomic E-state index is 11.5. The van der Waals surface area contributed by atoms with Crippen LogP contribution in [0.25, 0.3) is 0 Å². The fraction of sp³-hybridized carbons (Fsp3) is 0.696. The number of carbonyl (C=O) groups is 1. The number of rotatable bonds is 20. The van der Waals surface area contributed by atoms with E-state index in [-0.39, 0.29) is 18.1 Å². The molecule has 34 heavy (non-hydrogen) atoms. The number of nitrogens with zero attached hydrogens (tertiary/aromatic N) is 1. The van der Waals surface area contributed by atoms with Gasteiger partial charge in [-0.3, -0.25) is 14.9 Å². The highest BCUT2D eigenvalue weighted by atomic mass is 16.6. The molecule has 194 valence electrons. The molecule has 0 heterocycles. The van der Waals surface area contributed by atoms with Crippen molar-refractivity contribution in [3.63, 3.8) is 0 Å². The number of nitro groups is 1. The van der Waals surface area contributed by atoms with E-state index in [2.05, 4.69) is 0 Å². The van der Waals surface area contributed by atoms with Gasteiger partial charge in [0.2, 0.25) is 0 Å². The van der Waals surface area contributed by atoms with E-state index in [0.717, 1.165) is 0 Å². The Hall–Kier alpha value is -2.31. The van der Waals surface area contributed by atoms with Crippen LogP contribution in [0.5, 0.6) is 5.75 Å². The van der Waals surface area contributed by atoms with Crippen molar-refractivity contribution in [2.24, 2.45) is 0 Å². The first-order valence-electron chi connectivity index (χ1n) is 11.3. The van der Waals surface area contributed by atoms with Crippen molar-refractivity contribution in [1.82, 2.24) is 0 Å². The maximum Gasteiger partial charge on any atom is 0.308 e. The fourth-order valence-electron chi connectivity index (χ4n) is 2.41. The number of hydrogen-bond donors (Lipinski definition) is 0. The summed E-state index contributed by atoms with van der Waals surface area (Å²) in [6, 6.07) is 5.89. The largest absolute Gasteiger partial charge is 0.491 e. The molecule has 0 radical (unpaired) electrons. The Morgan fingerprint density at radius 1 is 0.735 bits per heavy atom. The highest BCUT2D eigenvalue weighted by Gasteiger charge is 2.15. The molecule has 0 fully saturated rings. The second-order valence-corrected chi connectivity index (χ2v) is 8.00. The van der Waals surface area contributed by atoms with Crippen LogP contribution >= 0.6 is 0 Å². The zero-order chi connectivity index (χ0) is 25.1. The molecule has 11 nitrogen and oxygen atoms in total. The van der Waals surface area contributed by atoms with Gasteiger partial charge in [-0.1, -0.05) is 0 Å². The Bertz CT molecular complexity index is 675. The van der Waals surface area contributed by atoms with E-state index in [0.29, 0.717) is 78.4 Å². The smallest absolute Gasteiger partial charge is 0.308 e. The molecule has 0 aliphatic rings. The average molecular weight is 488 g/mol. The molecule has 0 N–H and O–H groups in total. The third kappa shape index (κ3) is 17.2. The molecule has 11 heteroatoms. The quantitative estimate of drug-likeness (QED) is 0.117. The van der Waals surface area contributed by atoms with E-state index < -0.39 is 10.5 Å². The first-order valence-corrected chi connectivity index (χ1v) is 11.3. The Labute approximate surface area is 200 Å². The Kier molecular flexibility index (Phi) is 15.8. The maximum atomic E-state index is 11.5. The first kappa shape index (κ1) is 29.7. The monoisotopic (exact) mass is 487 g/mol. The second-order valence-electron chi connectivity index (χ2n) is 8.00. The predicted octanol–water partition coefficient (Wildman–Crippen LogP) is 2.79. The number of esters is 1. The van der Waals surface area contributed by atoms with Gasteiger partial charge in [-0.2, -0.15) is 0 Å². The highest BCUT2D eigenvalue weighted by Crippen LogP contribution is 2.17. The summed E-state index contributed by atoms with van der Waals surface area (Å²) in [4.78, 5) is 21.6. The molecule has 0 atom stereocenters. The molecule has 0 bridgehead atoms. The molecule has 0 saturated heterocycles. The summed E-state index contributed by atoms with van der Waals surface area (Å²) in [6.45, 7) is 10.1. The highest BCUT2D eigenvalue weighted by molar-refractivity contribution is 5.69. The van der Waals surface area contributed by atoms with E-state index in [4.69, 9.17) is 33.2 Å². The molecule has 0 saturated carbocycles. The van der Waals surface area contributed by atoms with Crippen LogP contribution in [0, 0.1) is 10.1 Å². The molecule has 0 spiro atoms. The fourth-order valence-corrected chi connectivity index (χ4v) is 2.41. The van der Waals surface area contributed by atoms with Crippen molar-refractivity contribution in [3.8, 4) is 5.75 Å². The number of hydrogen-bond acceptors (Lipinski definition) is 10. The van der Waals surface area contributed by atoms with Crippen LogP contribution in [-0.2, 0) is 33.2 Å². The number of nitro benzene ring substituents is 1. The summed E-state index contributed by atoms with van der Waals surface area (Å²) in [5.41, 5.74) is -0.454. The minimum absolute atomic E-state index is 0.0237. The van der Waals surface area contributed by atoms with Crippen molar-refractivity contribution >= 4 is 11.7 Å². The van der Waals surface area contributed by atoms with Crippen LogP contribution in [0.1, 0.15) is 27.2 Å². The van der Waals surface area contributed by atoms with Gasteiger partial charge in [0.1, 0.15) is 18.0 Å². The normalized spacial score (nSPS) is 11.4. The number of carbonyl (C=O) groups excluding carboxylic acids is 1. The zero-order valence-corrected chi connectivity index (χ0v) is 20.3. The van der Waals surface area contributed by atoms with Gasteiger partial charge in [0, 0.05) is 12.1 Å². The molecular weight excluding hydrogens is 450 g/mol. The van der Waals surface area contributed by atoms with E-state index in [1.165, 1.54) is 12.1 Å². The molecule has 0 aromatic heterocycles. The Balaban J connectivity index is 1.78. The zero-order valence-electron chi connectivity index (χ0n) is 20.3. The van der Waals surface area contributed by atoms with Gasteiger partial charge in [-0.15, -0.1) is 0 Å². The summed E-state index contributed by atoms with van der Waals surface area (Å²) >= 11 is 0. The van der Waals surface area contributed by atoms with Gasteiger partial charge in [0.25, 0.3) is 5.69 Å². The lowest BCUT2D eigenvalue weighted by atomic mass is 10.2. The molecule has 0 amide bonds. The van der Waals surface area contributed by atoms with Crippen LogP contribution in [0.4, 0.5) is 5.69 Å². The molecule has 0 aliphatic heterocycles. The number of benzene rings is 1. The summed E-state index contributed by atoms with van der Waals surface area (Å²) in [5.74, 6) is 0.279. The molecule has 1 aromatic carbocycles. The van der Waals surface area contributed by atoms with Gasteiger partial charge in [0.05, 0.1) is 77.4 Å². The molecule has 1 rings (SSSR count). The minimum Gasteiger partial charge on any atom is -0.491 e. The Morgan fingerprint density at radius 3 is 1.56 bits per heavy atom. The van der Waals surface area contributed by atoms with Crippen LogP contribution in [0.3, 0.4) is 0 Å². The standard InChI is InChI=1S/C23H37NO10/c1-23(2,3)34-22(25)8-9-28-10-11-29-12-13-30-14-15-31-16-17-32-18-19-33-21-6-4-20(5-7-21)24(26)27/h4-7H,8-19H2,1-3H3. The number of non-ortho nitro benzene ring substituents is 1. The first-order chi connectivity index (χ1) is 16.3. The molecular formula is C23H37NO10. The van der Waals surface area contributed by atoms with Gasteiger partial charge >= 0.3 is 5.97 Å². The van der Waals surface area contributed by atoms with Crippen LogP contribution < -0.4 is 4.74 Å². The third-order valence-electron chi connectivity index (χ3n) is 3.90. The molecule has 0 aliphatic carbocycles. The molecule has 1 aromatic rings. The van der Waals surface area contributed by atoms with Crippen LogP contribution in [0.15, 0.2) is 24.3 Å². The summed E-state index contributed by atoms with van der Waals surface area (Å²) in [6.07, 6.45) is 0.224. The second kappa shape index (κ2) is 18.1. The van der Waals surface area contributed by atoms with Crippen molar-refractivity contribution in [1.29, 1.82) is 0 Å². The third-order valence-corrected chi connectivity index (χ3v) is 3.90. The number of ether oxygens (including phenoxy) is 7. The summed E-state index contributed by atoms with van der Waals surface area (Å²) < 4.78 is 37.5. The molecule has 0 unspecified atom stereocenters. The van der Waals surface area contributed by atoms with Crippen LogP contribution in [-0.4, -0.2) is 89.2 Å². The lowest BCUT2D eigenvalue weighted by Gasteiger charge is -2.19. The van der Waals surface area contributed by atoms with Gasteiger partial charge in [-0.25, -0.2) is 0 Å². The summed E-state index contributed by atoms with van der Waals surface area (Å²) in [7, 11) is 0. The van der Waals surface area contributed by atoms with E-state index in [1.54, 1.807) is 12.1 Å². The van der Waals surface area contributed by atoms with E-state index in [9.17, 15) is 14.9 Å². The van der Waals surface area contributed by atoms with Crippen LogP contribution in [0.2, 0.25) is 0 Å². The van der Waals surface area contributed by atoms with E-state index >= 15 is 0 Å². The predicted molar refractivity (Wildman–Crippen MR) is 123 cm³/mol.